The van der Waals surface area contributed by atoms with Crippen LogP contribution >= 0.6 is 11.6 Å². The molecule has 0 saturated carbocycles. The summed E-state index contributed by atoms with van der Waals surface area (Å²) in [7, 11) is 0. The number of hydrogen-bond acceptors (Lipinski definition) is 6. The minimum absolute atomic E-state index is 0.258. The molecule has 1 saturated heterocycles. The van der Waals surface area contributed by atoms with E-state index < -0.39 is 0 Å². The van der Waals surface area contributed by atoms with Crippen molar-refractivity contribution in [2.75, 3.05) is 30.7 Å². The van der Waals surface area contributed by atoms with Crippen LogP contribution in [0.1, 0.15) is 18.4 Å². The Hall–Kier alpha value is -2.38. The quantitative estimate of drug-likeness (QED) is 0.480. The van der Waals surface area contributed by atoms with Crippen molar-refractivity contribution in [3.8, 4) is 0 Å². The summed E-state index contributed by atoms with van der Waals surface area (Å²) in [6.07, 6.45) is 3.69. The largest absolute Gasteiger partial charge is 0.383 e. The number of nitrogens with zero attached hydrogens (tertiary/aromatic N) is 3. The van der Waals surface area contributed by atoms with Crippen molar-refractivity contribution in [2.45, 2.75) is 12.8 Å². The Morgan fingerprint density at radius 1 is 1.32 bits per heavy atom. The monoisotopic (exact) mass is 359 g/mol. The molecular weight excluding hydrogens is 338 g/mol. The van der Waals surface area contributed by atoms with E-state index in [9.17, 15) is 0 Å². The van der Waals surface area contributed by atoms with Crippen molar-refractivity contribution >= 4 is 34.8 Å². The zero-order valence-corrected chi connectivity index (χ0v) is 14.6. The van der Waals surface area contributed by atoms with E-state index in [-0.39, 0.29) is 5.84 Å². The van der Waals surface area contributed by atoms with Crippen LogP contribution in [0.25, 0.3) is 0 Å². The van der Waals surface area contributed by atoms with Crippen LogP contribution in [0.3, 0.4) is 0 Å². The minimum Gasteiger partial charge on any atom is -0.383 e. The maximum absolute atomic E-state index is 6.18. The molecule has 0 unspecified atom stereocenters. The zero-order chi connectivity index (χ0) is 17.6. The lowest BCUT2D eigenvalue weighted by Crippen LogP contribution is -2.31. The summed E-state index contributed by atoms with van der Waals surface area (Å²) < 4.78 is 0. The van der Waals surface area contributed by atoms with E-state index in [4.69, 9.17) is 23.1 Å². The van der Waals surface area contributed by atoms with E-state index in [2.05, 4.69) is 25.6 Å². The van der Waals surface area contributed by atoms with Crippen LogP contribution in [0.5, 0.6) is 0 Å². The first-order chi connectivity index (χ1) is 12.1. The Morgan fingerprint density at radius 3 is 2.88 bits per heavy atom. The van der Waals surface area contributed by atoms with Crippen LogP contribution in [-0.4, -0.2) is 35.4 Å². The summed E-state index contributed by atoms with van der Waals surface area (Å²) in [5.74, 6) is 1.75. The number of piperidine rings is 1. The van der Waals surface area contributed by atoms with Crippen LogP contribution in [0.15, 0.2) is 35.6 Å². The van der Waals surface area contributed by atoms with E-state index in [0.717, 1.165) is 32.5 Å². The van der Waals surface area contributed by atoms with Gasteiger partial charge in [-0.3, -0.25) is 0 Å². The van der Waals surface area contributed by atoms with E-state index in [1.165, 1.54) is 6.33 Å². The van der Waals surface area contributed by atoms with E-state index in [1.54, 1.807) is 12.1 Å². The fourth-order valence-electron chi connectivity index (χ4n) is 2.85. The molecule has 1 fully saturated rings. The molecule has 0 aliphatic carbocycles. The molecule has 1 aliphatic rings. The third-order valence-corrected chi connectivity index (χ3v) is 4.44. The number of benzene rings is 1. The number of nitrogens with two attached hydrogens (primary N) is 2. The lowest BCUT2D eigenvalue weighted by atomic mass is 9.98. The topological polar surface area (TPSA) is 114 Å². The maximum Gasteiger partial charge on any atom is 0.142 e. The van der Waals surface area contributed by atoms with Gasteiger partial charge in [0.15, 0.2) is 0 Å². The lowest BCUT2D eigenvalue weighted by Gasteiger charge is -2.23. The van der Waals surface area contributed by atoms with Gasteiger partial charge in [0.25, 0.3) is 0 Å². The first-order valence-electron chi connectivity index (χ1n) is 8.28. The van der Waals surface area contributed by atoms with Crippen molar-refractivity contribution in [1.82, 2.24) is 15.3 Å². The van der Waals surface area contributed by atoms with E-state index in [1.807, 2.05) is 12.1 Å². The molecule has 0 amide bonds. The molecular formula is C17H22ClN7. The van der Waals surface area contributed by atoms with Crippen LogP contribution in [0, 0.1) is 5.92 Å². The molecule has 8 heteroatoms. The number of nitrogen functional groups attached to an aromatic ring is 1. The number of rotatable bonds is 5. The summed E-state index contributed by atoms with van der Waals surface area (Å²) in [5, 5.41) is 7.31. The van der Waals surface area contributed by atoms with Gasteiger partial charge in [0.1, 0.15) is 29.4 Å². The second-order valence-corrected chi connectivity index (χ2v) is 6.47. The van der Waals surface area contributed by atoms with Crippen LogP contribution in [0.4, 0.5) is 17.3 Å². The summed E-state index contributed by atoms with van der Waals surface area (Å²) in [4.78, 5) is 12.8. The smallest absolute Gasteiger partial charge is 0.142 e. The molecule has 2 aromatic rings. The normalized spacial score (nSPS) is 16.0. The van der Waals surface area contributed by atoms with Gasteiger partial charge in [-0.25, -0.2) is 15.0 Å². The van der Waals surface area contributed by atoms with Gasteiger partial charge in [-0.05, 0) is 50.0 Å². The highest BCUT2D eigenvalue weighted by molar-refractivity contribution is 6.30. The summed E-state index contributed by atoms with van der Waals surface area (Å²) in [6, 6.07) is 7.15. The molecule has 2 heterocycles. The number of aliphatic imine (C=N–C) groups is 1. The summed E-state index contributed by atoms with van der Waals surface area (Å²) in [6.45, 7) is 2.91. The van der Waals surface area contributed by atoms with Crippen LogP contribution < -0.4 is 22.1 Å². The predicted molar refractivity (Wildman–Crippen MR) is 102 cm³/mol. The van der Waals surface area contributed by atoms with Gasteiger partial charge in [-0.15, -0.1) is 0 Å². The van der Waals surface area contributed by atoms with Crippen molar-refractivity contribution in [3.05, 3.63) is 41.2 Å². The number of nitrogens with one attached hydrogen (secondary N) is 2. The highest BCUT2D eigenvalue weighted by Crippen LogP contribution is 2.22. The second-order valence-electron chi connectivity index (χ2n) is 6.03. The standard InChI is InChI=1S/C17H22ClN7/c18-12-2-1-3-13(8-12)25-16(20)14-15(19)23-10-24-17(14)22-9-11-4-6-21-7-5-11/h1-3,8,10-11,21H,4-7,9H2,(H2,20,25)(H3,19,22,23,24). The molecule has 132 valence electrons. The van der Waals surface area contributed by atoms with E-state index in [0.29, 0.717) is 33.8 Å². The number of anilines is 2. The van der Waals surface area contributed by atoms with Crippen molar-refractivity contribution in [3.63, 3.8) is 0 Å². The van der Waals surface area contributed by atoms with Crippen LogP contribution in [-0.2, 0) is 0 Å². The Bertz CT molecular complexity index is 756. The molecule has 0 radical (unpaired) electrons. The highest BCUT2D eigenvalue weighted by atomic mass is 35.5. The van der Waals surface area contributed by atoms with Gasteiger partial charge < -0.3 is 22.1 Å². The highest BCUT2D eigenvalue weighted by Gasteiger charge is 2.17. The third-order valence-electron chi connectivity index (χ3n) is 4.21. The second kappa shape index (κ2) is 8.13. The molecule has 1 aromatic carbocycles. The number of hydrogen-bond donors (Lipinski definition) is 4. The molecule has 3 rings (SSSR count). The molecule has 0 atom stereocenters. The fraction of sp³-hybridized carbons (Fsp3) is 0.353. The lowest BCUT2D eigenvalue weighted by molar-refractivity contribution is 0.389. The average molecular weight is 360 g/mol. The maximum atomic E-state index is 6.18. The summed E-state index contributed by atoms with van der Waals surface area (Å²) in [5.41, 5.74) is 13.4. The molecule has 1 aromatic heterocycles. The Morgan fingerprint density at radius 2 is 2.12 bits per heavy atom. The third kappa shape index (κ3) is 4.58. The minimum atomic E-state index is 0.258. The Balaban J connectivity index is 1.82. The molecule has 25 heavy (non-hydrogen) atoms. The number of aromatic nitrogens is 2. The Labute approximate surface area is 151 Å². The zero-order valence-electron chi connectivity index (χ0n) is 13.9. The van der Waals surface area contributed by atoms with E-state index >= 15 is 0 Å². The van der Waals surface area contributed by atoms with Gasteiger partial charge in [0.05, 0.1) is 5.69 Å². The number of amidine groups is 1. The molecule has 6 N–H and O–H groups in total. The molecule has 0 bridgehead atoms. The molecule has 1 aliphatic heterocycles. The predicted octanol–water partition coefficient (Wildman–Crippen LogP) is 2.16. The van der Waals surface area contributed by atoms with Gasteiger partial charge in [-0.2, -0.15) is 0 Å². The van der Waals surface area contributed by atoms with Gasteiger partial charge in [0.2, 0.25) is 0 Å². The first kappa shape index (κ1) is 17.4. The van der Waals surface area contributed by atoms with Crippen molar-refractivity contribution in [2.24, 2.45) is 16.6 Å². The van der Waals surface area contributed by atoms with Gasteiger partial charge >= 0.3 is 0 Å². The van der Waals surface area contributed by atoms with Crippen LogP contribution in [0.2, 0.25) is 5.02 Å². The SMILES string of the molecule is NC(=Nc1cccc(Cl)c1)c1c(N)ncnc1NCC1CCNCC1. The van der Waals surface area contributed by atoms with Crippen molar-refractivity contribution in [1.29, 1.82) is 0 Å². The fourth-order valence-corrected chi connectivity index (χ4v) is 3.04. The molecule has 0 spiro atoms. The average Bonchev–Trinajstić information content (AvgIpc) is 2.61. The van der Waals surface area contributed by atoms with Gasteiger partial charge in [-0.1, -0.05) is 17.7 Å². The Kier molecular flexibility index (Phi) is 5.67. The van der Waals surface area contributed by atoms with Crippen molar-refractivity contribution < 1.29 is 0 Å². The summed E-state index contributed by atoms with van der Waals surface area (Å²) >= 11 is 6.00. The number of halogens is 1. The van der Waals surface area contributed by atoms with Gasteiger partial charge in [0, 0.05) is 11.6 Å². The first-order valence-corrected chi connectivity index (χ1v) is 8.66. The molecule has 7 nitrogen and oxygen atoms in total.